The van der Waals surface area contributed by atoms with E-state index in [0.29, 0.717) is 0 Å². The largest absolute Gasteiger partial charge is 0.309 e. The van der Waals surface area contributed by atoms with Crippen LogP contribution in [-0.4, -0.2) is 17.5 Å². The molecule has 0 bridgehead atoms. The van der Waals surface area contributed by atoms with Crippen LogP contribution in [0.5, 0.6) is 0 Å². The monoisotopic (exact) mass is 269 g/mol. The molecule has 96 valence electrons. The normalized spacial score (nSPS) is 25.1. The Morgan fingerprint density at radius 2 is 1.94 bits per heavy atom. The molecule has 17 heavy (non-hydrogen) atoms. The molecule has 0 saturated heterocycles. The van der Waals surface area contributed by atoms with Gasteiger partial charge in [-0.1, -0.05) is 6.92 Å². The summed E-state index contributed by atoms with van der Waals surface area (Å²) >= 11 is 4.00. The quantitative estimate of drug-likeness (QED) is 0.864. The molecule has 2 rings (SSSR count). The topological polar surface area (TPSA) is 12.0 Å². The second-order valence-corrected chi connectivity index (χ2v) is 7.20. The van der Waals surface area contributed by atoms with Gasteiger partial charge in [0.15, 0.2) is 0 Å². The fourth-order valence-corrected chi connectivity index (χ4v) is 4.11. The Hall–Kier alpha value is 0.01000. The summed E-state index contributed by atoms with van der Waals surface area (Å²) < 4.78 is 0. The summed E-state index contributed by atoms with van der Waals surface area (Å²) in [4.78, 5) is 3.00. The molecule has 1 fully saturated rings. The van der Waals surface area contributed by atoms with Crippen LogP contribution in [0.15, 0.2) is 12.1 Å². The summed E-state index contributed by atoms with van der Waals surface area (Å²) in [5.41, 5.74) is 0. The third-order valence-electron chi connectivity index (χ3n) is 3.64. The van der Waals surface area contributed by atoms with Gasteiger partial charge in [-0.2, -0.15) is 11.8 Å². The lowest BCUT2D eigenvalue weighted by molar-refractivity contribution is 0.380. The zero-order chi connectivity index (χ0) is 12.1. The van der Waals surface area contributed by atoms with Crippen molar-refractivity contribution in [1.82, 2.24) is 5.32 Å². The lowest BCUT2D eigenvalue weighted by atomic mass is 9.95. The minimum absolute atomic E-state index is 0.755. The molecule has 1 nitrogen and oxygen atoms in total. The second kappa shape index (κ2) is 6.81. The van der Waals surface area contributed by atoms with E-state index in [2.05, 4.69) is 30.6 Å². The van der Waals surface area contributed by atoms with Gasteiger partial charge >= 0.3 is 0 Å². The zero-order valence-electron chi connectivity index (χ0n) is 10.9. The van der Waals surface area contributed by atoms with Gasteiger partial charge in [0.05, 0.1) is 0 Å². The first-order valence-corrected chi connectivity index (χ1v) is 8.76. The molecule has 0 radical (unpaired) electrons. The minimum atomic E-state index is 0.755. The van der Waals surface area contributed by atoms with Crippen LogP contribution >= 0.6 is 23.1 Å². The van der Waals surface area contributed by atoms with Crippen molar-refractivity contribution in [2.45, 2.75) is 56.9 Å². The first-order valence-electron chi connectivity index (χ1n) is 6.65. The highest BCUT2D eigenvalue weighted by atomic mass is 32.2. The molecule has 3 heteroatoms. The lowest BCUT2D eigenvalue weighted by Crippen LogP contribution is -2.33. The minimum Gasteiger partial charge on any atom is -0.309 e. The van der Waals surface area contributed by atoms with Crippen LogP contribution < -0.4 is 5.32 Å². The summed E-state index contributed by atoms with van der Waals surface area (Å²) in [6.07, 6.45) is 8.92. The fraction of sp³-hybridized carbons (Fsp3) is 0.714. The van der Waals surface area contributed by atoms with Crippen molar-refractivity contribution in [2.24, 2.45) is 0 Å². The van der Waals surface area contributed by atoms with E-state index in [1.54, 1.807) is 0 Å². The molecule has 0 aliphatic heterocycles. The number of nitrogens with one attached hydrogen (secondary N) is 1. The lowest BCUT2D eigenvalue weighted by Gasteiger charge is -2.28. The first-order chi connectivity index (χ1) is 8.31. The maximum absolute atomic E-state index is 3.72. The van der Waals surface area contributed by atoms with Gasteiger partial charge in [-0.25, -0.2) is 0 Å². The van der Waals surface area contributed by atoms with Gasteiger partial charge < -0.3 is 5.32 Å². The summed E-state index contributed by atoms with van der Waals surface area (Å²) in [5, 5.41) is 4.64. The number of hydrogen-bond donors (Lipinski definition) is 1. The third-order valence-corrected chi connectivity index (χ3v) is 6.01. The van der Waals surface area contributed by atoms with Crippen molar-refractivity contribution in [1.29, 1.82) is 0 Å². The maximum Gasteiger partial charge on any atom is 0.0302 e. The molecular formula is C14H23NS2. The van der Waals surface area contributed by atoms with Crippen LogP contribution in [-0.2, 0) is 13.0 Å². The molecule has 0 spiro atoms. The summed E-state index contributed by atoms with van der Waals surface area (Å²) in [5.74, 6) is 0. The van der Waals surface area contributed by atoms with Crippen LogP contribution in [0.1, 0.15) is 42.4 Å². The van der Waals surface area contributed by atoms with Crippen LogP contribution in [0, 0.1) is 0 Å². The number of hydrogen-bond acceptors (Lipinski definition) is 3. The molecule has 1 aromatic heterocycles. The summed E-state index contributed by atoms with van der Waals surface area (Å²) in [7, 11) is 0. The van der Waals surface area contributed by atoms with Crippen molar-refractivity contribution in [2.75, 3.05) is 6.26 Å². The SMILES string of the molecule is CCc1ccc(CNC2CCC(SC)CC2)s1. The Labute approximate surface area is 113 Å². The average molecular weight is 269 g/mol. The second-order valence-electron chi connectivity index (χ2n) is 4.81. The highest BCUT2D eigenvalue weighted by molar-refractivity contribution is 7.99. The molecule has 0 unspecified atom stereocenters. The zero-order valence-corrected chi connectivity index (χ0v) is 12.5. The smallest absolute Gasteiger partial charge is 0.0302 e. The number of thiophene rings is 1. The van der Waals surface area contributed by atoms with Gasteiger partial charge in [0.1, 0.15) is 0 Å². The van der Waals surface area contributed by atoms with Crippen LogP contribution in [0.3, 0.4) is 0 Å². The van der Waals surface area contributed by atoms with Crippen LogP contribution in [0.25, 0.3) is 0 Å². The van der Waals surface area contributed by atoms with Gasteiger partial charge in [0, 0.05) is 27.6 Å². The van der Waals surface area contributed by atoms with Gasteiger partial charge in [-0.15, -0.1) is 11.3 Å². The van der Waals surface area contributed by atoms with Crippen molar-refractivity contribution in [3.05, 3.63) is 21.9 Å². The van der Waals surface area contributed by atoms with Crippen molar-refractivity contribution < 1.29 is 0 Å². The van der Waals surface area contributed by atoms with Gasteiger partial charge in [0.25, 0.3) is 0 Å². The Kier molecular flexibility index (Phi) is 5.39. The molecule has 0 atom stereocenters. The van der Waals surface area contributed by atoms with Crippen molar-refractivity contribution in [3.8, 4) is 0 Å². The van der Waals surface area contributed by atoms with E-state index in [0.717, 1.165) is 17.8 Å². The standard InChI is InChI=1S/C14H23NS2/c1-3-12-8-9-14(17-12)10-15-11-4-6-13(16-2)7-5-11/h8-9,11,13,15H,3-7,10H2,1-2H3. The van der Waals surface area contributed by atoms with Crippen molar-refractivity contribution >= 4 is 23.1 Å². The molecule has 0 aromatic carbocycles. The van der Waals surface area contributed by atoms with E-state index < -0.39 is 0 Å². The molecule has 1 N–H and O–H groups in total. The highest BCUT2D eigenvalue weighted by Gasteiger charge is 2.19. The van der Waals surface area contributed by atoms with E-state index in [-0.39, 0.29) is 0 Å². The van der Waals surface area contributed by atoms with E-state index in [1.165, 1.54) is 41.9 Å². The third kappa shape index (κ3) is 4.01. The molecule has 1 aliphatic rings. The van der Waals surface area contributed by atoms with E-state index in [1.807, 2.05) is 23.1 Å². The fourth-order valence-electron chi connectivity index (χ4n) is 2.45. The Balaban J connectivity index is 1.72. The number of aryl methyl sites for hydroxylation is 1. The first kappa shape index (κ1) is 13.4. The highest BCUT2D eigenvalue weighted by Crippen LogP contribution is 2.27. The van der Waals surface area contributed by atoms with Crippen molar-refractivity contribution in [3.63, 3.8) is 0 Å². The van der Waals surface area contributed by atoms with Crippen LogP contribution in [0.4, 0.5) is 0 Å². The number of thioether (sulfide) groups is 1. The average Bonchev–Trinajstić information content (AvgIpc) is 2.85. The van der Waals surface area contributed by atoms with E-state index >= 15 is 0 Å². The van der Waals surface area contributed by atoms with Crippen LogP contribution in [0.2, 0.25) is 0 Å². The molecule has 0 amide bonds. The Bertz CT molecular complexity index is 327. The predicted octanol–water partition coefficient (Wildman–Crippen LogP) is 4.07. The Morgan fingerprint density at radius 1 is 1.24 bits per heavy atom. The molecular weight excluding hydrogens is 246 g/mol. The maximum atomic E-state index is 3.72. The van der Waals surface area contributed by atoms with E-state index in [9.17, 15) is 0 Å². The van der Waals surface area contributed by atoms with Gasteiger partial charge in [-0.05, 0) is 50.5 Å². The molecule has 1 saturated carbocycles. The van der Waals surface area contributed by atoms with Gasteiger partial charge in [0.2, 0.25) is 0 Å². The molecule has 1 aliphatic carbocycles. The molecule has 1 heterocycles. The number of rotatable bonds is 5. The van der Waals surface area contributed by atoms with E-state index in [4.69, 9.17) is 0 Å². The summed E-state index contributed by atoms with van der Waals surface area (Å²) in [6.45, 7) is 3.30. The Morgan fingerprint density at radius 3 is 2.53 bits per heavy atom. The predicted molar refractivity (Wildman–Crippen MR) is 80.1 cm³/mol. The molecule has 1 aromatic rings. The summed E-state index contributed by atoms with van der Waals surface area (Å²) in [6, 6.07) is 5.31. The van der Waals surface area contributed by atoms with Gasteiger partial charge in [-0.3, -0.25) is 0 Å².